The molecule has 0 radical (unpaired) electrons. The smallest absolute Gasteiger partial charge is 0.407 e. The Labute approximate surface area is 197 Å². The number of carboxylic acid groups (broad SMARTS) is 1. The number of nitriles is 1. The van der Waals surface area contributed by atoms with Crippen LogP contribution in [0.3, 0.4) is 0 Å². The number of amides is 1. The Kier molecular flexibility index (Phi) is 7.39. The molecule has 0 saturated heterocycles. The third-order valence-corrected chi connectivity index (χ3v) is 4.34. The molecule has 3 aromatic carbocycles. The highest BCUT2D eigenvalue weighted by atomic mass is 16.6. The van der Waals surface area contributed by atoms with Crippen LogP contribution in [0.1, 0.15) is 42.3 Å². The summed E-state index contributed by atoms with van der Waals surface area (Å²) in [5, 5.41) is 21.0. The van der Waals surface area contributed by atoms with E-state index in [-0.39, 0.29) is 23.6 Å². The molecule has 3 aromatic rings. The number of carboxylic acids is 1. The van der Waals surface area contributed by atoms with E-state index in [0.717, 1.165) is 5.56 Å². The van der Waals surface area contributed by atoms with E-state index >= 15 is 0 Å². The summed E-state index contributed by atoms with van der Waals surface area (Å²) in [6.07, 6.45) is -0.506. The zero-order valence-electron chi connectivity index (χ0n) is 19.0. The molecule has 0 spiro atoms. The average molecular weight is 460 g/mol. The Morgan fingerprint density at radius 1 is 0.882 bits per heavy atom. The van der Waals surface area contributed by atoms with Crippen LogP contribution in [-0.2, 0) is 11.3 Å². The third kappa shape index (κ3) is 7.28. The van der Waals surface area contributed by atoms with E-state index in [4.69, 9.17) is 19.5 Å². The van der Waals surface area contributed by atoms with Crippen LogP contribution in [0, 0.1) is 11.3 Å². The number of alkyl carbamates (subject to hydrolysis) is 1. The molecular formula is C26H24N2O6. The Balaban J connectivity index is 1.69. The Bertz CT molecular complexity index is 1210. The molecule has 34 heavy (non-hydrogen) atoms. The number of ether oxygens (including phenoxy) is 3. The molecule has 0 saturated carbocycles. The van der Waals surface area contributed by atoms with Crippen molar-refractivity contribution in [1.82, 2.24) is 5.32 Å². The van der Waals surface area contributed by atoms with Crippen molar-refractivity contribution in [2.24, 2.45) is 0 Å². The van der Waals surface area contributed by atoms with E-state index in [1.807, 2.05) is 6.07 Å². The maximum Gasteiger partial charge on any atom is 0.407 e. The van der Waals surface area contributed by atoms with Crippen LogP contribution in [-0.4, -0.2) is 22.8 Å². The van der Waals surface area contributed by atoms with Gasteiger partial charge in [0.05, 0.1) is 17.2 Å². The van der Waals surface area contributed by atoms with Crippen LogP contribution in [0.5, 0.6) is 23.0 Å². The monoisotopic (exact) mass is 460 g/mol. The first kappa shape index (κ1) is 24.1. The lowest BCUT2D eigenvalue weighted by molar-refractivity contribution is 0.0523. The number of nitrogens with one attached hydrogen (secondary N) is 1. The van der Waals surface area contributed by atoms with E-state index < -0.39 is 17.7 Å². The van der Waals surface area contributed by atoms with Crippen molar-refractivity contribution in [3.05, 3.63) is 83.4 Å². The summed E-state index contributed by atoms with van der Waals surface area (Å²) in [7, 11) is 0. The van der Waals surface area contributed by atoms with Crippen molar-refractivity contribution in [3.8, 4) is 29.1 Å². The van der Waals surface area contributed by atoms with Crippen molar-refractivity contribution in [2.45, 2.75) is 32.9 Å². The van der Waals surface area contributed by atoms with Crippen molar-refractivity contribution >= 4 is 12.1 Å². The van der Waals surface area contributed by atoms with E-state index in [2.05, 4.69) is 5.32 Å². The molecule has 0 unspecified atom stereocenters. The highest BCUT2D eigenvalue weighted by Gasteiger charge is 2.16. The average Bonchev–Trinajstić information content (AvgIpc) is 2.78. The van der Waals surface area contributed by atoms with Crippen molar-refractivity contribution in [1.29, 1.82) is 5.26 Å². The summed E-state index contributed by atoms with van der Waals surface area (Å²) in [5.41, 5.74) is 0.747. The topological polar surface area (TPSA) is 118 Å². The standard InChI is InChI=1S/C26H24N2O6/c1-26(2,3)34-25(31)28-16-18-6-10-21(11-7-18)33-23-13-19(24(29)30)12-22(14-23)32-20-8-4-17(15-27)5-9-20/h4-14H,16H2,1-3H3,(H,28,31)(H,29,30). The van der Waals surface area contributed by atoms with Gasteiger partial charge in [-0.2, -0.15) is 5.26 Å². The fourth-order valence-corrected chi connectivity index (χ4v) is 2.85. The zero-order valence-corrected chi connectivity index (χ0v) is 19.0. The second-order valence-electron chi connectivity index (χ2n) is 8.34. The van der Waals surface area contributed by atoms with Gasteiger partial charge in [-0.05, 0) is 74.9 Å². The molecular weight excluding hydrogens is 436 g/mol. The number of hydrogen-bond donors (Lipinski definition) is 2. The minimum absolute atomic E-state index is 0.000624. The molecule has 0 fully saturated rings. The largest absolute Gasteiger partial charge is 0.478 e. The van der Waals surface area contributed by atoms with Crippen LogP contribution in [0.25, 0.3) is 0 Å². The van der Waals surface area contributed by atoms with Crippen LogP contribution < -0.4 is 14.8 Å². The summed E-state index contributed by atoms with van der Waals surface area (Å²) in [6.45, 7) is 5.66. The number of carbonyl (C=O) groups is 2. The fraction of sp³-hybridized carbons (Fsp3) is 0.192. The third-order valence-electron chi connectivity index (χ3n) is 4.34. The molecule has 0 aliphatic carbocycles. The van der Waals surface area contributed by atoms with E-state index in [0.29, 0.717) is 17.1 Å². The first-order valence-electron chi connectivity index (χ1n) is 10.4. The molecule has 0 heterocycles. The fourth-order valence-electron chi connectivity index (χ4n) is 2.85. The Hall–Kier alpha value is -4.51. The van der Waals surface area contributed by atoms with E-state index in [9.17, 15) is 14.7 Å². The maximum absolute atomic E-state index is 11.8. The van der Waals surface area contributed by atoms with Gasteiger partial charge >= 0.3 is 12.1 Å². The molecule has 174 valence electrons. The van der Waals surface area contributed by atoms with Gasteiger partial charge in [0.1, 0.15) is 28.6 Å². The first-order valence-corrected chi connectivity index (χ1v) is 10.4. The van der Waals surface area contributed by atoms with E-state index in [1.165, 1.54) is 12.1 Å². The van der Waals surface area contributed by atoms with Crippen LogP contribution in [0.2, 0.25) is 0 Å². The molecule has 3 rings (SSSR count). The number of aromatic carboxylic acids is 1. The van der Waals surface area contributed by atoms with E-state index in [1.54, 1.807) is 75.4 Å². The lowest BCUT2D eigenvalue weighted by Gasteiger charge is -2.19. The normalized spacial score (nSPS) is 10.6. The summed E-state index contributed by atoms with van der Waals surface area (Å²) in [4.78, 5) is 23.4. The molecule has 0 aliphatic rings. The number of benzene rings is 3. The van der Waals surface area contributed by atoms with Gasteiger partial charge in [-0.1, -0.05) is 12.1 Å². The first-order chi connectivity index (χ1) is 16.1. The zero-order chi connectivity index (χ0) is 24.7. The summed E-state index contributed by atoms with van der Waals surface area (Å²) in [5.74, 6) is 0.363. The lowest BCUT2D eigenvalue weighted by Crippen LogP contribution is -2.32. The molecule has 8 nitrogen and oxygen atoms in total. The summed E-state index contributed by atoms with van der Waals surface area (Å²) in [6, 6.07) is 19.8. The number of carbonyl (C=O) groups excluding carboxylic acids is 1. The highest BCUT2D eigenvalue weighted by molar-refractivity contribution is 5.88. The van der Waals surface area contributed by atoms with Crippen LogP contribution in [0.4, 0.5) is 4.79 Å². The summed E-state index contributed by atoms with van der Waals surface area (Å²) >= 11 is 0. The quantitative estimate of drug-likeness (QED) is 0.453. The predicted molar refractivity (Wildman–Crippen MR) is 124 cm³/mol. The molecule has 0 atom stereocenters. The predicted octanol–water partition coefficient (Wildman–Crippen LogP) is 5.87. The van der Waals surface area contributed by atoms with Gasteiger partial charge in [-0.25, -0.2) is 9.59 Å². The molecule has 0 aromatic heterocycles. The molecule has 0 aliphatic heterocycles. The minimum Gasteiger partial charge on any atom is -0.478 e. The van der Waals surface area contributed by atoms with Crippen LogP contribution in [0.15, 0.2) is 66.7 Å². The Morgan fingerprint density at radius 3 is 1.88 bits per heavy atom. The van der Waals surface area contributed by atoms with Gasteiger partial charge in [0, 0.05) is 12.6 Å². The van der Waals surface area contributed by atoms with Crippen molar-refractivity contribution in [2.75, 3.05) is 0 Å². The van der Waals surface area contributed by atoms with Gasteiger partial charge < -0.3 is 24.6 Å². The SMILES string of the molecule is CC(C)(C)OC(=O)NCc1ccc(Oc2cc(Oc3ccc(C#N)cc3)cc(C(=O)O)c2)cc1. The van der Waals surface area contributed by atoms with Crippen LogP contribution >= 0.6 is 0 Å². The molecule has 0 bridgehead atoms. The van der Waals surface area contributed by atoms with Gasteiger partial charge in [-0.15, -0.1) is 0 Å². The second-order valence-corrected chi connectivity index (χ2v) is 8.34. The van der Waals surface area contributed by atoms with Gasteiger partial charge in [-0.3, -0.25) is 0 Å². The van der Waals surface area contributed by atoms with Gasteiger partial charge in [0.25, 0.3) is 0 Å². The minimum atomic E-state index is -1.13. The van der Waals surface area contributed by atoms with Gasteiger partial charge in [0.2, 0.25) is 0 Å². The molecule has 2 N–H and O–H groups in total. The Morgan fingerprint density at radius 2 is 1.41 bits per heavy atom. The second kappa shape index (κ2) is 10.4. The number of rotatable bonds is 7. The van der Waals surface area contributed by atoms with Gasteiger partial charge in [0.15, 0.2) is 0 Å². The maximum atomic E-state index is 11.8. The summed E-state index contributed by atoms with van der Waals surface area (Å²) < 4.78 is 16.8. The molecule has 1 amide bonds. The number of hydrogen-bond acceptors (Lipinski definition) is 6. The lowest BCUT2D eigenvalue weighted by atomic mass is 10.2. The van der Waals surface area contributed by atoms with Crippen molar-refractivity contribution < 1.29 is 28.9 Å². The highest BCUT2D eigenvalue weighted by Crippen LogP contribution is 2.30. The molecule has 8 heteroatoms. The van der Waals surface area contributed by atoms with Crippen molar-refractivity contribution in [3.63, 3.8) is 0 Å². The number of nitrogens with zero attached hydrogens (tertiary/aromatic N) is 1.